The Labute approximate surface area is 175 Å². The van der Waals surface area contributed by atoms with Gasteiger partial charge in [0.2, 0.25) is 0 Å². The average Bonchev–Trinajstić information content (AvgIpc) is 2.59. The number of anilines is 1. The number of piperidine rings is 1. The number of aryl methyl sites for hydroxylation is 1. The van der Waals surface area contributed by atoms with Crippen LogP contribution in [-0.4, -0.2) is 41.8 Å². The maximum Gasteiger partial charge on any atom is 0.413 e. The Morgan fingerprint density at radius 1 is 1.17 bits per heavy atom. The molecule has 2 heterocycles. The number of hydrogen-bond donors (Lipinski definition) is 2. The summed E-state index contributed by atoms with van der Waals surface area (Å²) in [4.78, 5) is 25.9. The number of carbonyl (C=O) groups excluding carboxylic acids is 2. The fourth-order valence-electron chi connectivity index (χ4n) is 2.76. The minimum atomic E-state index is -0.503. The van der Waals surface area contributed by atoms with Crippen molar-refractivity contribution in [3.8, 4) is 0 Å². The van der Waals surface area contributed by atoms with E-state index in [1.807, 2.05) is 53.7 Å². The molecule has 29 heavy (non-hydrogen) atoms. The second-order valence-corrected chi connectivity index (χ2v) is 9.20. The SMILES string of the molecule is CC(C)(C)OC(=O)Nc1cccc(CCC2CCNCC2)n1.CC(C)(C)OC=O. The molecule has 2 rings (SSSR count). The average molecular weight is 408 g/mol. The molecule has 1 aliphatic heterocycles. The first-order valence-electron chi connectivity index (χ1n) is 10.3. The lowest BCUT2D eigenvalue weighted by molar-refractivity contribution is -0.138. The number of rotatable bonds is 5. The predicted octanol–water partition coefficient (Wildman–Crippen LogP) is 4.32. The fraction of sp³-hybridized carbons (Fsp3) is 0.682. The molecule has 1 fully saturated rings. The van der Waals surface area contributed by atoms with Gasteiger partial charge in [-0.1, -0.05) is 6.07 Å². The second kappa shape index (κ2) is 11.8. The van der Waals surface area contributed by atoms with E-state index >= 15 is 0 Å². The summed E-state index contributed by atoms with van der Waals surface area (Å²) >= 11 is 0. The number of carbonyl (C=O) groups is 2. The van der Waals surface area contributed by atoms with Crippen molar-refractivity contribution in [3.63, 3.8) is 0 Å². The molecule has 0 spiro atoms. The van der Waals surface area contributed by atoms with Crippen molar-refractivity contribution in [2.45, 2.75) is 78.4 Å². The van der Waals surface area contributed by atoms with E-state index in [2.05, 4.69) is 20.4 Å². The van der Waals surface area contributed by atoms with E-state index in [0.717, 1.165) is 37.5 Å². The van der Waals surface area contributed by atoms with Gasteiger partial charge in [-0.25, -0.2) is 9.78 Å². The number of nitrogens with one attached hydrogen (secondary N) is 2. The van der Waals surface area contributed by atoms with Crippen LogP contribution in [0.3, 0.4) is 0 Å². The molecule has 1 aromatic heterocycles. The lowest BCUT2D eigenvalue weighted by Crippen LogP contribution is -2.28. The van der Waals surface area contributed by atoms with Crippen molar-refractivity contribution >= 4 is 18.4 Å². The molecule has 7 heteroatoms. The molecule has 0 bridgehead atoms. The zero-order valence-corrected chi connectivity index (χ0v) is 18.7. The van der Waals surface area contributed by atoms with E-state index in [-0.39, 0.29) is 5.60 Å². The van der Waals surface area contributed by atoms with Gasteiger partial charge in [0.05, 0.1) is 0 Å². The quantitative estimate of drug-likeness (QED) is 0.707. The second-order valence-electron chi connectivity index (χ2n) is 9.20. The van der Waals surface area contributed by atoms with Crippen LogP contribution in [-0.2, 0) is 20.7 Å². The summed E-state index contributed by atoms with van der Waals surface area (Å²) in [5.41, 5.74) is 0.199. The van der Waals surface area contributed by atoms with Crippen molar-refractivity contribution in [2.75, 3.05) is 18.4 Å². The molecule has 1 saturated heterocycles. The van der Waals surface area contributed by atoms with Crippen molar-refractivity contribution in [1.82, 2.24) is 10.3 Å². The summed E-state index contributed by atoms with van der Waals surface area (Å²) in [7, 11) is 0. The van der Waals surface area contributed by atoms with Crippen molar-refractivity contribution in [1.29, 1.82) is 0 Å². The highest BCUT2D eigenvalue weighted by molar-refractivity contribution is 5.83. The van der Waals surface area contributed by atoms with Crippen molar-refractivity contribution in [2.24, 2.45) is 5.92 Å². The highest BCUT2D eigenvalue weighted by Crippen LogP contribution is 2.19. The Kier molecular flexibility index (Phi) is 10.1. The smallest absolute Gasteiger partial charge is 0.413 e. The first-order valence-corrected chi connectivity index (χ1v) is 10.3. The van der Waals surface area contributed by atoms with Gasteiger partial charge in [-0.3, -0.25) is 10.1 Å². The molecular weight excluding hydrogens is 370 g/mol. The number of nitrogens with zero attached hydrogens (tertiary/aromatic N) is 1. The zero-order chi connectivity index (χ0) is 21.9. The Bertz CT molecular complexity index is 630. The van der Waals surface area contributed by atoms with Gasteiger partial charge in [0, 0.05) is 5.69 Å². The minimum Gasteiger partial charge on any atom is -0.462 e. The monoisotopic (exact) mass is 407 g/mol. The Morgan fingerprint density at radius 3 is 2.34 bits per heavy atom. The molecule has 1 aromatic rings. The third-order valence-corrected chi connectivity index (χ3v) is 4.10. The van der Waals surface area contributed by atoms with Gasteiger partial charge >= 0.3 is 6.09 Å². The van der Waals surface area contributed by atoms with Crippen LogP contribution in [0.4, 0.5) is 10.6 Å². The lowest BCUT2D eigenvalue weighted by Gasteiger charge is -2.22. The Hall–Kier alpha value is -2.15. The first kappa shape index (κ1) is 24.9. The van der Waals surface area contributed by atoms with E-state index in [0.29, 0.717) is 12.3 Å². The third-order valence-electron chi connectivity index (χ3n) is 4.10. The number of aromatic nitrogens is 1. The van der Waals surface area contributed by atoms with Crippen molar-refractivity contribution < 1.29 is 19.1 Å². The summed E-state index contributed by atoms with van der Waals surface area (Å²) < 4.78 is 9.79. The van der Waals surface area contributed by atoms with E-state index in [1.165, 1.54) is 12.8 Å². The summed E-state index contributed by atoms with van der Waals surface area (Å²) in [5, 5.41) is 6.08. The molecule has 1 aliphatic rings. The van der Waals surface area contributed by atoms with Crippen LogP contribution in [0.1, 0.15) is 66.5 Å². The Balaban J connectivity index is 0.000000516. The van der Waals surface area contributed by atoms with Gasteiger partial charge < -0.3 is 14.8 Å². The van der Waals surface area contributed by atoms with E-state index in [1.54, 1.807) is 6.07 Å². The number of hydrogen-bond acceptors (Lipinski definition) is 6. The number of pyridine rings is 1. The maximum atomic E-state index is 11.8. The molecule has 7 nitrogen and oxygen atoms in total. The largest absolute Gasteiger partial charge is 0.462 e. The van der Waals surface area contributed by atoms with Gasteiger partial charge in [-0.15, -0.1) is 0 Å². The highest BCUT2D eigenvalue weighted by atomic mass is 16.6. The normalized spacial score (nSPS) is 15.0. The standard InChI is InChI=1S/C17H27N3O2.C5H10O2/c1-17(2,3)22-16(21)20-15-6-4-5-14(19-15)8-7-13-9-11-18-12-10-13;1-5(2,3)7-4-6/h4-6,13,18H,7-12H2,1-3H3,(H,19,20,21);4H,1-3H3. The van der Waals surface area contributed by atoms with Crippen LogP contribution in [0.5, 0.6) is 0 Å². The zero-order valence-electron chi connectivity index (χ0n) is 18.7. The number of amides is 1. The van der Waals surface area contributed by atoms with Gasteiger partial charge in [0.15, 0.2) is 0 Å². The van der Waals surface area contributed by atoms with Crippen LogP contribution < -0.4 is 10.6 Å². The summed E-state index contributed by atoms with van der Waals surface area (Å²) in [6.07, 6.45) is 4.14. The van der Waals surface area contributed by atoms with Crippen LogP contribution in [0.2, 0.25) is 0 Å². The third kappa shape index (κ3) is 12.8. The molecule has 0 unspecified atom stereocenters. The van der Waals surface area contributed by atoms with E-state index < -0.39 is 11.7 Å². The van der Waals surface area contributed by atoms with Crippen LogP contribution in [0.15, 0.2) is 18.2 Å². The van der Waals surface area contributed by atoms with Gasteiger partial charge in [-0.05, 0) is 98.4 Å². The predicted molar refractivity (Wildman–Crippen MR) is 115 cm³/mol. The van der Waals surface area contributed by atoms with Gasteiger partial charge in [0.25, 0.3) is 6.47 Å². The van der Waals surface area contributed by atoms with E-state index in [4.69, 9.17) is 4.74 Å². The summed E-state index contributed by atoms with van der Waals surface area (Å²) in [5.74, 6) is 1.34. The Morgan fingerprint density at radius 2 is 1.83 bits per heavy atom. The van der Waals surface area contributed by atoms with Crippen LogP contribution in [0.25, 0.3) is 0 Å². The molecule has 0 atom stereocenters. The first-order chi connectivity index (χ1) is 13.5. The number of ether oxygens (including phenoxy) is 2. The molecule has 0 aromatic carbocycles. The van der Waals surface area contributed by atoms with Crippen LogP contribution >= 0.6 is 0 Å². The summed E-state index contributed by atoms with van der Waals surface area (Å²) in [6, 6.07) is 5.73. The topological polar surface area (TPSA) is 89.6 Å². The van der Waals surface area contributed by atoms with Crippen molar-refractivity contribution in [3.05, 3.63) is 23.9 Å². The lowest BCUT2D eigenvalue weighted by atomic mass is 9.92. The van der Waals surface area contributed by atoms with Crippen LogP contribution in [0, 0.1) is 5.92 Å². The molecule has 0 saturated carbocycles. The highest BCUT2D eigenvalue weighted by Gasteiger charge is 2.17. The van der Waals surface area contributed by atoms with Gasteiger partial charge in [-0.2, -0.15) is 0 Å². The molecule has 1 amide bonds. The van der Waals surface area contributed by atoms with E-state index in [9.17, 15) is 9.59 Å². The fourth-order valence-corrected chi connectivity index (χ4v) is 2.76. The molecule has 0 aliphatic carbocycles. The minimum absolute atomic E-state index is 0.318. The molecule has 164 valence electrons. The molecule has 0 radical (unpaired) electrons. The summed E-state index contributed by atoms with van der Waals surface area (Å²) in [6.45, 7) is 13.7. The molecular formula is C22H37N3O4. The maximum absolute atomic E-state index is 11.8. The van der Waals surface area contributed by atoms with Gasteiger partial charge in [0.1, 0.15) is 17.0 Å². The molecule has 2 N–H and O–H groups in total.